The molecule has 1 N–H and O–H groups in total. The summed E-state index contributed by atoms with van der Waals surface area (Å²) in [5, 5.41) is 18.7. The Morgan fingerprint density at radius 1 is 1.39 bits per heavy atom. The fourth-order valence-electron chi connectivity index (χ4n) is 2.67. The number of fused-ring (bicyclic) bond motifs is 1. The SMILES string of the molecule is N#CC1C=CC(c2cncc3c2CCC3O)=CC1. The molecule has 90 valence electrons. The monoisotopic (exact) mass is 238 g/mol. The molecule has 0 aromatic carbocycles. The van der Waals surface area contributed by atoms with Gasteiger partial charge >= 0.3 is 0 Å². The van der Waals surface area contributed by atoms with Gasteiger partial charge in [-0.1, -0.05) is 18.2 Å². The summed E-state index contributed by atoms with van der Waals surface area (Å²) in [4.78, 5) is 4.22. The van der Waals surface area contributed by atoms with Gasteiger partial charge in [-0.3, -0.25) is 4.98 Å². The molecule has 1 aromatic rings. The van der Waals surface area contributed by atoms with E-state index in [-0.39, 0.29) is 12.0 Å². The van der Waals surface area contributed by atoms with Gasteiger partial charge < -0.3 is 5.11 Å². The third-order valence-corrected chi connectivity index (χ3v) is 3.69. The van der Waals surface area contributed by atoms with Crippen LogP contribution in [0.5, 0.6) is 0 Å². The van der Waals surface area contributed by atoms with Crippen molar-refractivity contribution in [1.29, 1.82) is 5.26 Å². The quantitative estimate of drug-likeness (QED) is 0.818. The number of aliphatic hydroxyl groups excluding tert-OH is 1. The van der Waals surface area contributed by atoms with Gasteiger partial charge in [-0.15, -0.1) is 0 Å². The topological polar surface area (TPSA) is 56.9 Å². The average Bonchev–Trinajstić information content (AvgIpc) is 2.81. The molecule has 3 heteroatoms. The standard InChI is InChI=1S/C15H14N2O/c16-7-10-1-3-11(4-2-10)13-8-17-9-14-12(13)5-6-15(14)18/h1,3-4,8-10,15,18H,2,5-6H2. The number of hydrogen-bond acceptors (Lipinski definition) is 3. The predicted octanol–water partition coefficient (Wildman–Crippen LogP) is 2.54. The first kappa shape index (κ1) is 11.2. The average molecular weight is 238 g/mol. The minimum atomic E-state index is -0.368. The summed E-state index contributed by atoms with van der Waals surface area (Å²) < 4.78 is 0. The molecule has 3 rings (SSSR count). The van der Waals surface area contributed by atoms with Crippen molar-refractivity contribution in [1.82, 2.24) is 4.98 Å². The Bertz CT molecular complexity index is 581. The van der Waals surface area contributed by atoms with E-state index in [0.29, 0.717) is 0 Å². The Morgan fingerprint density at radius 2 is 2.28 bits per heavy atom. The van der Waals surface area contributed by atoms with Crippen LogP contribution in [0.3, 0.4) is 0 Å². The van der Waals surface area contributed by atoms with Crippen molar-refractivity contribution >= 4 is 5.57 Å². The normalized spacial score (nSPS) is 25.4. The molecule has 2 unspecified atom stereocenters. The molecule has 0 amide bonds. The second kappa shape index (κ2) is 4.40. The van der Waals surface area contributed by atoms with E-state index in [1.165, 1.54) is 5.56 Å². The largest absolute Gasteiger partial charge is 0.388 e. The fraction of sp³-hybridized carbons (Fsp3) is 0.333. The molecular formula is C15H14N2O. The first-order chi connectivity index (χ1) is 8.79. The molecular weight excluding hydrogens is 224 g/mol. The maximum Gasteiger partial charge on any atom is 0.0811 e. The number of allylic oxidation sites excluding steroid dienone is 4. The van der Waals surface area contributed by atoms with Crippen molar-refractivity contribution in [3.63, 3.8) is 0 Å². The van der Waals surface area contributed by atoms with Crippen LogP contribution in [0.4, 0.5) is 0 Å². The smallest absolute Gasteiger partial charge is 0.0811 e. The highest BCUT2D eigenvalue weighted by atomic mass is 16.3. The van der Waals surface area contributed by atoms with E-state index in [9.17, 15) is 5.11 Å². The van der Waals surface area contributed by atoms with Crippen LogP contribution in [0.1, 0.15) is 35.6 Å². The van der Waals surface area contributed by atoms with Gasteiger partial charge in [0.2, 0.25) is 0 Å². The fourth-order valence-corrected chi connectivity index (χ4v) is 2.67. The van der Waals surface area contributed by atoms with Crippen LogP contribution in [0.15, 0.2) is 30.6 Å². The minimum Gasteiger partial charge on any atom is -0.388 e. The van der Waals surface area contributed by atoms with Crippen LogP contribution in [-0.2, 0) is 6.42 Å². The lowest BCUT2D eigenvalue weighted by atomic mass is 9.91. The highest BCUT2D eigenvalue weighted by Gasteiger charge is 2.24. The van der Waals surface area contributed by atoms with Gasteiger partial charge in [0, 0.05) is 23.5 Å². The molecule has 0 saturated heterocycles. The van der Waals surface area contributed by atoms with E-state index in [4.69, 9.17) is 5.26 Å². The van der Waals surface area contributed by atoms with Crippen molar-refractivity contribution in [3.05, 3.63) is 47.3 Å². The van der Waals surface area contributed by atoms with Crippen LogP contribution in [0.25, 0.3) is 5.57 Å². The maximum atomic E-state index is 9.86. The number of rotatable bonds is 1. The summed E-state index contributed by atoms with van der Waals surface area (Å²) in [5.74, 6) is -0.0101. The van der Waals surface area contributed by atoms with Gasteiger partial charge in [-0.05, 0) is 30.4 Å². The molecule has 0 saturated carbocycles. The highest BCUT2D eigenvalue weighted by molar-refractivity contribution is 5.77. The van der Waals surface area contributed by atoms with Crippen molar-refractivity contribution in [3.8, 4) is 6.07 Å². The molecule has 0 aliphatic heterocycles. The number of hydrogen-bond donors (Lipinski definition) is 1. The number of nitrogens with zero attached hydrogens (tertiary/aromatic N) is 2. The summed E-state index contributed by atoms with van der Waals surface area (Å²) in [7, 11) is 0. The van der Waals surface area contributed by atoms with Gasteiger partial charge in [0.05, 0.1) is 18.1 Å². The molecule has 1 heterocycles. The molecule has 0 fully saturated rings. The van der Waals surface area contributed by atoms with Crippen LogP contribution in [-0.4, -0.2) is 10.1 Å². The molecule has 1 aromatic heterocycles. The van der Waals surface area contributed by atoms with E-state index < -0.39 is 0 Å². The molecule has 2 aliphatic rings. The first-order valence-electron chi connectivity index (χ1n) is 6.23. The third kappa shape index (κ3) is 1.75. The van der Waals surface area contributed by atoms with Crippen LogP contribution in [0, 0.1) is 17.2 Å². The van der Waals surface area contributed by atoms with Crippen LogP contribution < -0.4 is 0 Å². The van der Waals surface area contributed by atoms with E-state index in [1.54, 1.807) is 6.20 Å². The Hall–Kier alpha value is -1.92. The zero-order valence-corrected chi connectivity index (χ0v) is 10.0. The third-order valence-electron chi connectivity index (χ3n) is 3.69. The minimum absolute atomic E-state index is 0.0101. The first-order valence-corrected chi connectivity index (χ1v) is 6.23. The second-order valence-electron chi connectivity index (χ2n) is 4.80. The van der Waals surface area contributed by atoms with Crippen molar-refractivity contribution in [2.45, 2.75) is 25.4 Å². The zero-order valence-electron chi connectivity index (χ0n) is 10.0. The van der Waals surface area contributed by atoms with Crippen LogP contribution in [0.2, 0.25) is 0 Å². The Labute approximate surface area is 106 Å². The number of aromatic nitrogens is 1. The maximum absolute atomic E-state index is 9.86. The van der Waals surface area contributed by atoms with Crippen molar-refractivity contribution in [2.75, 3.05) is 0 Å². The van der Waals surface area contributed by atoms with E-state index in [1.807, 2.05) is 18.3 Å². The molecule has 0 spiro atoms. The highest BCUT2D eigenvalue weighted by Crippen LogP contribution is 2.36. The molecule has 18 heavy (non-hydrogen) atoms. The summed E-state index contributed by atoms with van der Waals surface area (Å²) in [5.41, 5.74) is 4.41. The number of nitriles is 1. The summed E-state index contributed by atoms with van der Waals surface area (Å²) in [6, 6.07) is 2.25. The van der Waals surface area contributed by atoms with Gasteiger partial charge in [0.15, 0.2) is 0 Å². The Morgan fingerprint density at radius 3 is 3.00 bits per heavy atom. The van der Waals surface area contributed by atoms with Gasteiger partial charge in [0.1, 0.15) is 0 Å². The van der Waals surface area contributed by atoms with Gasteiger partial charge in [-0.25, -0.2) is 0 Å². The molecule has 0 radical (unpaired) electrons. The van der Waals surface area contributed by atoms with Crippen molar-refractivity contribution in [2.24, 2.45) is 5.92 Å². The summed E-state index contributed by atoms with van der Waals surface area (Å²) in [6.07, 6.45) is 11.7. The number of aliphatic hydroxyl groups is 1. The van der Waals surface area contributed by atoms with Gasteiger partial charge in [-0.2, -0.15) is 5.26 Å². The Balaban J connectivity index is 1.98. The predicted molar refractivity (Wildman–Crippen MR) is 68.4 cm³/mol. The lowest BCUT2D eigenvalue weighted by Crippen LogP contribution is -2.00. The van der Waals surface area contributed by atoms with E-state index in [0.717, 1.165) is 36.0 Å². The number of pyridine rings is 1. The van der Waals surface area contributed by atoms with Crippen LogP contribution >= 0.6 is 0 Å². The molecule has 2 aliphatic carbocycles. The second-order valence-corrected chi connectivity index (χ2v) is 4.80. The van der Waals surface area contributed by atoms with Crippen molar-refractivity contribution < 1.29 is 5.11 Å². The molecule has 2 atom stereocenters. The summed E-state index contributed by atoms with van der Waals surface area (Å²) >= 11 is 0. The Kier molecular flexibility index (Phi) is 2.73. The lowest BCUT2D eigenvalue weighted by molar-refractivity contribution is 0.179. The van der Waals surface area contributed by atoms with E-state index >= 15 is 0 Å². The molecule has 0 bridgehead atoms. The lowest BCUT2D eigenvalue weighted by Gasteiger charge is -2.13. The van der Waals surface area contributed by atoms with Gasteiger partial charge in [0.25, 0.3) is 0 Å². The van der Waals surface area contributed by atoms with E-state index in [2.05, 4.69) is 17.1 Å². The zero-order chi connectivity index (χ0) is 12.5. The summed E-state index contributed by atoms with van der Waals surface area (Å²) in [6.45, 7) is 0. The molecule has 3 nitrogen and oxygen atoms in total.